The van der Waals surface area contributed by atoms with Gasteiger partial charge in [-0.05, 0) is 38.5 Å². The number of rotatable bonds is 3. The first kappa shape index (κ1) is 12.1. The number of hydrogen-bond acceptors (Lipinski definition) is 2. The molecule has 0 saturated heterocycles. The molecule has 0 radical (unpaired) electrons. The van der Waals surface area contributed by atoms with Crippen molar-refractivity contribution in [3.05, 3.63) is 35.1 Å². The highest BCUT2D eigenvalue weighted by molar-refractivity contribution is 5.24. The van der Waals surface area contributed by atoms with E-state index in [4.69, 9.17) is 10.5 Å². The molecule has 0 spiro atoms. The maximum atomic E-state index is 13.4. The van der Waals surface area contributed by atoms with Gasteiger partial charge in [0, 0.05) is 12.1 Å². The van der Waals surface area contributed by atoms with E-state index in [1.165, 1.54) is 6.07 Å². The summed E-state index contributed by atoms with van der Waals surface area (Å²) in [6, 6.07) is 4.88. The van der Waals surface area contributed by atoms with Gasteiger partial charge in [-0.1, -0.05) is 6.07 Å². The van der Waals surface area contributed by atoms with Crippen molar-refractivity contribution in [1.82, 2.24) is 0 Å². The molecule has 0 aliphatic rings. The summed E-state index contributed by atoms with van der Waals surface area (Å²) in [6.07, 6.45) is 0. The lowest BCUT2D eigenvalue weighted by Crippen LogP contribution is -2.19. The van der Waals surface area contributed by atoms with Gasteiger partial charge in [0.25, 0.3) is 0 Å². The molecule has 2 N–H and O–H groups in total. The summed E-state index contributed by atoms with van der Waals surface area (Å²) in [5, 5.41) is 0. The van der Waals surface area contributed by atoms with E-state index in [0.717, 1.165) is 5.56 Å². The molecular weight excluding hydrogens is 193 g/mol. The second-order valence-electron chi connectivity index (χ2n) is 4.53. The van der Waals surface area contributed by atoms with Gasteiger partial charge in [0.2, 0.25) is 0 Å². The van der Waals surface area contributed by atoms with Crippen molar-refractivity contribution in [1.29, 1.82) is 0 Å². The molecule has 0 amide bonds. The van der Waals surface area contributed by atoms with Crippen LogP contribution in [0.1, 0.15) is 31.9 Å². The van der Waals surface area contributed by atoms with Crippen molar-refractivity contribution >= 4 is 0 Å². The van der Waals surface area contributed by atoms with E-state index in [1.54, 1.807) is 12.1 Å². The van der Waals surface area contributed by atoms with Crippen molar-refractivity contribution in [3.63, 3.8) is 0 Å². The molecule has 0 aromatic heterocycles. The van der Waals surface area contributed by atoms with E-state index in [-0.39, 0.29) is 18.0 Å². The average Bonchev–Trinajstić information content (AvgIpc) is 2.15. The van der Waals surface area contributed by atoms with Crippen LogP contribution >= 0.6 is 0 Å². The molecule has 2 nitrogen and oxygen atoms in total. The third kappa shape index (κ3) is 3.98. The lowest BCUT2D eigenvalue weighted by molar-refractivity contribution is -0.0161. The second kappa shape index (κ2) is 4.73. The molecule has 84 valence electrons. The first-order chi connectivity index (χ1) is 6.92. The Bertz CT molecular complexity index is 331. The van der Waals surface area contributed by atoms with E-state index < -0.39 is 0 Å². The first-order valence-electron chi connectivity index (χ1n) is 5.04. The Morgan fingerprint density at radius 3 is 2.53 bits per heavy atom. The van der Waals surface area contributed by atoms with Gasteiger partial charge >= 0.3 is 0 Å². The molecule has 3 heteroatoms. The minimum atomic E-state index is -0.259. The second-order valence-corrected chi connectivity index (χ2v) is 4.53. The number of nitrogens with two attached hydrogens (primary N) is 1. The smallest absolute Gasteiger partial charge is 0.128 e. The molecule has 0 saturated carbocycles. The summed E-state index contributed by atoms with van der Waals surface area (Å²) in [4.78, 5) is 0. The van der Waals surface area contributed by atoms with Crippen LogP contribution < -0.4 is 5.73 Å². The van der Waals surface area contributed by atoms with E-state index in [2.05, 4.69) is 0 Å². The van der Waals surface area contributed by atoms with Crippen molar-refractivity contribution in [2.24, 2.45) is 5.73 Å². The SMILES string of the molecule is CC(C)(C)OCc1cc(CN)ccc1F. The molecule has 0 aliphatic heterocycles. The van der Waals surface area contributed by atoms with Gasteiger partial charge in [0.15, 0.2) is 0 Å². The standard InChI is InChI=1S/C12H18FNO/c1-12(2,3)15-8-10-6-9(7-14)4-5-11(10)13/h4-6H,7-8,14H2,1-3H3. The van der Waals surface area contributed by atoms with Gasteiger partial charge in [0.1, 0.15) is 5.82 Å². The molecule has 0 unspecified atom stereocenters. The Labute approximate surface area is 90.2 Å². The highest BCUT2D eigenvalue weighted by Crippen LogP contribution is 2.15. The van der Waals surface area contributed by atoms with Crippen LogP contribution in [0, 0.1) is 5.82 Å². The zero-order valence-corrected chi connectivity index (χ0v) is 9.51. The van der Waals surface area contributed by atoms with Gasteiger partial charge in [0.05, 0.1) is 12.2 Å². The predicted octanol–water partition coefficient (Wildman–Crippen LogP) is 2.60. The van der Waals surface area contributed by atoms with Gasteiger partial charge < -0.3 is 10.5 Å². The van der Waals surface area contributed by atoms with Gasteiger partial charge in [-0.25, -0.2) is 4.39 Å². The summed E-state index contributed by atoms with van der Waals surface area (Å²) < 4.78 is 18.9. The minimum absolute atomic E-state index is 0.239. The molecule has 1 aromatic carbocycles. The predicted molar refractivity (Wildman–Crippen MR) is 58.8 cm³/mol. The van der Waals surface area contributed by atoms with Crippen LogP contribution in [0.2, 0.25) is 0 Å². The zero-order chi connectivity index (χ0) is 11.5. The van der Waals surface area contributed by atoms with Gasteiger partial charge in [-0.15, -0.1) is 0 Å². The lowest BCUT2D eigenvalue weighted by atomic mass is 10.1. The van der Waals surface area contributed by atoms with Gasteiger partial charge in [-0.3, -0.25) is 0 Å². The highest BCUT2D eigenvalue weighted by Gasteiger charge is 2.12. The Hall–Kier alpha value is -0.930. The molecule has 1 rings (SSSR count). The quantitative estimate of drug-likeness (QED) is 0.834. The van der Waals surface area contributed by atoms with Crippen molar-refractivity contribution in [3.8, 4) is 0 Å². The Morgan fingerprint density at radius 2 is 2.00 bits per heavy atom. The summed E-state index contributed by atoms with van der Waals surface area (Å²) in [5.74, 6) is -0.239. The molecule has 0 aliphatic carbocycles. The Balaban J connectivity index is 2.75. The fourth-order valence-corrected chi connectivity index (χ4v) is 1.16. The molecular formula is C12H18FNO. The number of hydrogen-bond donors (Lipinski definition) is 1. The fraction of sp³-hybridized carbons (Fsp3) is 0.500. The monoisotopic (exact) mass is 211 g/mol. The molecule has 0 atom stereocenters. The van der Waals surface area contributed by atoms with Crippen LogP contribution in [0.25, 0.3) is 0 Å². The zero-order valence-electron chi connectivity index (χ0n) is 9.51. The molecule has 15 heavy (non-hydrogen) atoms. The van der Waals surface area contributed by atoms with E-state index in [9.17, 15) is 4.39 Å². The van der Waals surface area contributed by atoms with E-state index >= 15 is 0 Å². The average molecular weight is 211 g/mol. The Morgan fingerprint density at radius 1 is 1.33 bits per heavy atom. The molecule has 0 heterocycles. The number of benzene rings is 1. The van der Waals surface area contributed by atoms with Gasteiger partial charge in [-0.2, -0.15) is 0 Å². The topological polar surface area (TPSA) is 35.2 Å². The van der Waals surface area contributed by atoms with Crippen molar-refractivity contribution in [2.75, 3.05) is 0 Å². The van der Waals surface area contributed by atoms with Crippen molar-refractivity contribution in [2.45, 2.75) is 39.5 Å². The van der Waals surface area contributed by atoms with E-state index in [0.29, 0.717) is 12.1 Å². The van der Waals surface area contributed by atoms with Crippen molar-refractivity contribution < 1.29 is 9.13 Å². The molecule has 1 aromatic rings. The highest BCUT2D eigenvalue weighted by atomic mass is 19.1. The van der Waals surface area contributed by atoms with Crippen LogP contribution in [-0.4, -0.2) is 5.60 Å². The third-order valence-corrected chi connectivity index (χ3v) is 2.01. The maximum Gasteiger partial charge on any atom is 0.128 e. The third-order valence-electron chi connectivity index (χ3n) is 2.01. The molecule has 0 fully saturated rings. The Kier molecular flexibility index (Phi) is 3.83. The molecule has 0 bridgehead atoms. The summed E-state index contributed by atoms with van der Waals surface area (Å²) in [5.41, 5.74) is 6.71. The van der Waals surface area contributed by atoms with Crippen LogP contribution in [0.5, 0.6) is 0 Å². The van der Waals surface area contributed by atoms with Crippen LogP contribution in [0.3, 0.4) is 0 Å². The largest absolute Gasteiger partial charge is 0.371 e. The van der Waals surface area contributed by atoms with Crippen LogP contribution in [0.15, 0.2) is 18.2 Å². The summed E-state index contributed by atoms with van der Waals surface area (Å²) in [6.45, 7) is 6.53. The summed E-state index contributed by atoms with van der Waals surface area (Å²) in [7, 11) is 0. The fourth-order valence-electron chi connectivity index (χ4n) is 1.16. The maximum absolute atomic E-state index is 13.4. The summed E-state index contributed by atoms with van der Waals surface area (Å²) >= 11 is 0. The van der Waals surface area contributed by atoms with E-state index in [1.807, 2.05) is 20.8 Å². The first-order valence-corrected chi connectivity index (χ1v) is 5.04. The number of ether oxygens (including phenoxy) is 1. The minimum Gasteiger partial charge on any atom is -0.371 e. The normalized spacial score (nSPS) is 11.8. The lowest BCUT2D eigenvalue weighted by Gasteiger charge is -2.19. The van der Waals surface area contributed by atoms with Crippen LogP contribution in [0.4, 0.5) is 4.39 Å². The van der Waals surface area contributed by atoms with Crippen LogP contribution in [-0.2, 0) is 17.9 Å². The number of halogens is 1.